The Hall–Kier alpha value is -1.60. The van der Waals surface area contributed by atoms with Crippen molar-refractivity contribution < 1.29 is 22.7 Å². The highest BCUT2D eigenvalue weighted by molar-refractivity contribution is 7.89. The topological polar surface area (TPSA) is 72.9 Å². The van der Waals surface area contributed by atoms with E-state index in [1.165, 1.54) is 6.07 Å². The van der Waals surface area contributed by atoms with Crippen LogP contribution in [0.25, 0.3) is 0 Å². The number of hydrogen-bond acceptors (Lipinski definition) is 5. The summed E-state index contributed by atoms with van der Waals surface area (Å²) in [7, 11) is -3.80. The Morgan fingerprint density at radius 1 is 1.21 bits per heavy atom. The fourth-order valence-corrected chi connectivity index (χ4v) is 3.85. The summed E-state index contributed by atoms with van der Waals surface area (Å²) in [6.45, 7) is 10.6. The molecule has 1 rings (SSSR count). The third-order valence-corrected chi connectivity index (χ3v) is 5.30. The zero-order valence-corrected chi connectivity index (χ0v) is 16.0. The van der Waals surface area contributed by atoms with Gasteiger partial charge in [0.25, 0.3) is 0 Å². The first-order chi connectivity index (χ1) is 11.1. The van der Waals surface area contributed by atoms with Crippen molar-refractivity contribution in [2.75, 3.05) is 13.2 Å². The number of carbonyl (C=O) groups is 1. The SMILES string of the molecule is CCOC(=O)CN(C(C)C)S(=O)(=O)c1ccc(OC(C)C)c(C)c1. The quantitative estimate of drug-likeness (QED) is 0.669. The van der Waals surface area contributed by atoms with E-state index in [2.05, 4.69) is 0 Å². The van der Waals surface area contributed by atoms with Crippen molar-refractivity contribution in [2.24, 2.45) is 0 Å². The van der Waals surface area contributed by atoms with Crippen molar-refractivity contribution in [1.29, 1.82) is 0 Å². The highest BCUT2D eigenvalue weighted by Gasteiger charge is 2.30. The molecule has 0 aliphatic rings. The molecule has 0 spiro atoms. The second-order valence-corrected chi connectivity index (χ2v) is 7.93. The monoisotopic (exact) mass is 357 g/mol. The minimum Gasteiger partial charge on any atom is -0.491 e. The van der Waals surface area contributed by atoms with Crippen LogP contribution in [0.5, 0.6) is 5.75 Å². The maximum absolute atomic E-state index is 12.9. The van der Waals surface area contributed by atoms with Crippen LogP contribution >= 0.6 is 0 Å². The fraction of sp³-hybridized carbons (Fsp3) is 0.588. The van der Waals surface area contributed by atoms with Gasteiger partial charge in [0.05, 0.1) is 17.6 Å². The van der Waals surface area contributed by atoms with Gasteiger partial charge in [0, 0.05) is 6.04 Å². The molecule has 0 radical (unpaired) electrons. The molecule has 0 saturated carbocycles. The van der Waals surface area contributed by atoms with Crippen LogP contribution in [-0.4, -0.2) is 44.0 Å². The van der Waals surface area contributed by atoms with Crippen molar-refractivity contribution in [2.45, 2.75) is 58.6 Å². The molecule has 1 aromatic carbocycles. The Morgan fingerprint density at radius 2 is 1.83 bits per heavy atom. The first kappa shape index (κ1) is 20.4. The van der Waals surface area contributed by atoms with E-state index in [1.807, 2.05) is 13.8 Å². The molecular formula is C17H27NO5S. The molecule has 7 heteroatoms. The third kappa shape index (κ3) is 5.21. The van der Waals surface area contributed by atoms with Crippen LogP contribution in [0.4, 0.5) is 0 Å². The standard InChI is InChI=1S/C17H27NO5S/c1-7-22-17(19)11-18(12(2)3)24(20,21)15-8-9-16(14(6)10-15)23-13(4)5/h8-10,12-13H,7,11H2,1-6H3. The lowest BCUT2D eigenvalue weighted by Crippen LogP contribution is -2.41. The molecule has 0 N–H and O–H groups in total. The average molecular weight is 357 g/mol. The highest BCUT2D eigenvalue weighted by Crippen LogP contribution is 2.25. The predicted octanol–water partition coefficient (Wildman–Crippen LogP) is 2.74. The van der Waals surface area contributed by atoms with Crippen LogP contribution in [0.15, 0.2) is 23.1 Å². The molecule has 0 bridgehead atoms. The lowest BCUT2D eigenvalue weighted by Gasteiger charge is -2.25. The second kappa shape index (κ2) is 8.48. The molecule has 0 heterocycles. The summed E-state index contributed by atoms with van der Waals surface area (Å²) in [5, 5.41) is 0. The van der Waals surface area contributed by atoms with Crippen molar-refractivity contribution in [3.63, 3.8) is 0 Å². The zero-order chi connectivity index (χ0) is 18.5. The molecular weight excluding hydrogens is 330 g/mol. The van der Waals surface area contributed by atoms with Gasteiger partial charge in [-0.05, 0) is 65.3 Å². The first-order valence-corrected chi connectivity index (χ1v) is 9.48. The van der Waals surface area contributed by atoms with Gasteiger partial charge in [-0.1, -0.05) is 0 Å². The Labute approximate surface area is 144 Å². The van der Waals surface area contributed by atoms with Crippen molar-refractivity contribution >= 4 is 16.0 Å². The Balaban J connectivity index is 3.15. The van der Waals surface area contributed by atoms with Crippen molar-refractivity contribution in [3.8, 4) is 5.75 Å². The Bertz CT molecular complexity index is 668. The van der Waals surface area contributed by atoms with Crippen LogP contribution in [0.3, 0.4) is 0 Å². The molecule has 0 atom stereocenters. The summed E-state index contributed by atoms with van der Waals surface area (Å²) in [5.74, 6) is 0.0803. The normalized spacial score (nSPS) is 12.0. The van der Waals surface area contributed by atoms with Gasteiger partial charge >= 0.3 is 5.97 Å². The van der Waals surface area contributed by atoms with E-state index in [4.69, 9.17) is 9.47 Å². The number of hydrogen-bond donors (Lipinski definition) is 0. The van der Waals surface area contributed by atoms with Gasteiger partial charge in [0.1, 0.15) is 12.3 Å². The van der Waals surface area contributed by atoms with Crippen LogP contribution in [-0.2, 0) is 19.6 Å². The average Bonchev–Trinajstić information content (AvgIpc) is 2.46. The van der Waals surface area contributed by atoms with E-state index in [-0.39, 0.29) is 30.2 Å². The molecule has 6 nitrogen and oxygen atoms in total. The van der Waals surface area contributed by atoms with E-state index in [0.717, 1.165) is 9.87 Å². The second-order valence-electron chi connectivity index (χ2n) is 6.04. The van der Waals surface area contributed by atoms with E-state index in [0.29, 0.717) is 5.75 Å². The van der Waals surface area contributed by atoms with E-state index >= 15 is 0 Å². The summed E-state index contributed by atoms with van der Waals surface area (Å²) >= 11 is 0. The molecule has 24 heavy (non-hydrogen) atoms. The molecule has 0 fully saturated rings. The highest BCUT2D eigenvalue weighted by atomic mass is 32.2. The molecule has 1 aromatic rings. The number of rotatable bonds is 8. The largest absolute Gasteiger partial charge is 0.491 e. The molecule has 0 aliphatic heterocycles. The molecule has 0 aromatic heterocycles. The number of aryl methyl sites for hydroxylation is 1. The van der Waals surface area contributed by atoms with Crippen LogP contribution in [0.1, 0.15) is 40.2 Å². The third-order valence-electron chi connectivity index (χ3n) is 3.28. The number of esters is 1. The van der Waals surface area contributed by atoms with Gasteiger partial charge in [0.15, 0.2) is 0 Å². The number of nitrogens with zero attached hydrogens (tertiary/aromatic N) is 1. The summed E-state index contributed by atoms with van der Waals surface area (Å²) in [4.78, 5) is 11.9. The van der Waals surface area contributed by atoms with Gasteiger partial charge in [0.2, 0.25) is 10.0 Å². The Kier molecular flexibility index (Phi) is 7.23. The number of ether oxygens (including phenoxy) is 2. The first-order valence-electron chi connectivity index (χ1n) is 8.04. The van der Waals surface area contributed by atoms with Gasteiger partial charge in [-0.3, -0.25) is 4.79 Å². The molecule has 136 valence electrons. The maximum Gasteiger partial charge on any atom is 0.321 e. The van der Waals surface area contributed by atoms with Crippen molar-refractivity contribution in [1.82, 2.24) is 4.31 Å². The zero-order valence-electron chi connectivity index (χ0n) is 15.2. The smallest absolute Gasteiger partial charge is 0.321 e. The fourth-order valence-electron chi connectivity index (χ4n) is 2.18. The molecule has 0 aliphatic carbocycles. The summed E-state index contributed by atoms with van der Waals surface area (Å²) in [6.07, 6.45) is 0.00198. The lowest BCUT2D eigenvalue weighted by molar-refractivity contribution is -0.143. The number of benzene rings is 1. The van der Waals surface area contributed by atoms with Crippen LogP contribution in [0.2, 0.25) is 0 Å². The maximum atomic E-state index is 12.9. The minimum atomic E-state index is -3.80. The van der Waals surface area contributed by atoms with Gasteiger partial charge in [-0.2, -0.15) is 4.31 Å². The van der Waals surface area contributed by atoms with Gasteiger partial charge in [-0.25, -0.2) is 8.42 Å². The Morgan fingerprint density at radius 3 is 2.29 bits per heavy atom. The molecule has 0 unspecified atom stereocenters. The minimum absolute atomic E-state index is 0.00198. The van der Waals surface area contributed by atoms with Crippen molar-refractivity contribution in [3.05, 3.63) is 23.8 Å². The molecule has 0 amide bonds. The van der Waals surface area contributed by atoms with E-state index in [1.54, 1.807) is 39.8 Å². The van der Waals surface area contributed by atoms with E-state index < -0.39 is 16.0 Å². The predicted molar refractivity (Wildman–Crippen MR) is 92.6 cm³/mol. The van der Waals surface area contributed by atoms with Gasteiger partial charge in [-0.15, -0.1) is 0 Å². The number of sulfonamides is 1. The van der Waals surface area contributed by atoms with Crippen LogP contribution in [0, 0.1) is 6.92 Å². The molecule has 0 saturated heterocycles. The summed E-state index contributed by atoms with van der Waals surface area (Å²) in [5.41, 5.74) is 0.726. The summed E-state index contributed by atoms with van der Waals surface area (Å²) in [6, 6.07) is 4.34. The summed E-state index contributed by atoms with van der Waals surface area (Å²) < 4.78 is 37.4. The number of carbonyl (C=O) groups excluding carboxylic acids is 1. The van der Waals surface area contributed by atoms with Gasteiger partial charge < -0.3 is 9.47 Å². The van der Waals surface area contributed by atoms with E-state index in [9.17, 15) is 13.2 Å². The lowest BCUT2D eigenvalue weighted by atomic mass is 10.2. The van der Waals surface area contributed by atoms with Crippen LogP contribution < -0.4 is 4.74 Å².